The van der Waals surface area contributed by atoms with Crippen LogP contribution in [-0.2, 0) is 0 Å². The molecular formula is C17H11ClN2O2S. The van der Waals surface area contributed by atoms with E-state index in [9.17, 15) is 9.59 Å². The highest BCUT2D eigenvalue weighted by molar-refractivity contribution is 7.16. The molecule has 23 heavy (non-hydrogen) atoms. The van der Waals surface area contributed by atoms with Gasteiger partial charge in [0.15, 0.2) is 0 Å². The highest BCUT2D eigenvalue weighted by Gasteiger charge is 2.15. The van der Waals surface area contributed by atoms with E-state index in [4.69, 9.17) is 11.6 Å². The van der Waals surface area contributed by atoms with Crippen molar-refractivity contribution in [2.75, 3.05) is 0 Å². The monoisotopic (exact) mass is 342 g/mol. The summed E-state index contributed by atoms with van der Waals surface area (Å²) >= 11 is 7.45. The van der Waals surface area contributed by atoms with Crippen molar-refractivity contribution in [3.05, 3.63) is 83.6 Å². The van der Waals surface area contributed by atoms with Crippen LogP contribution in [0.1, 0.15) is 5.56 Å². The fraction of sp³-hybridized carbons (Fsp3) is 0.0588. The van der Waals surface area contributed by atoms with E-state index in [-0.39, 0.29) is 11.1 Å². The molecule has 0 unspecified atom stereocenters. The maximum atomic E-state index is 12.8. The van der Waals surface area contributed by atoms with Crippen LogP contribution in [0.2, 0.25) is 5.02 Å². The van der Waals surface area contributed by atoms with Crippen molar-refractivity contribution in [1.29, 1.82) is 0 Å². The van der Waals surface area contributed by atoms with Gasteiger partial charge in [0, 0.05) is 5.02 Å². The zero-order chi connectivity index (χ0) is 16.1. The van der Waals surface area contributed by atoms with Crippen LogP contribution in [0.3, 0.4) is 0 Å². The quantitative estimate of drug-likeness (QED) is 0.576. The summed E-state index contributed by atoms with van der Waals surface area (Å²) in [5.41, 5.74) is 1.40. The van der Waals surface area contributed by atoms with Crippen molar-refractivity contribution in [2.24, 2.45) is 0 Å². The molecule has 2 aromatic rings. The Balaban J connectivity index is 2.19. The number of para-hydroxylation sites is 1. The second-order valence-electron chi connectivity index (χ2n) is 5.26. The second kappa shape index (κ2) is 5.08. The minimum absolute atomic E-state index is 0.317. The van der Waals surface area contributed by atoms with Gasteiger partial charge in [0.25, 0.3) is 11.1 Å². The zero-order valence-electron chi connectivity index (χ0n) is 12.1. The molecule has 2 heterocycles. The largest absolute Gasteiger partial charge is 0.349 e. The smallest absolute Gasteiger partial charge is 0.283 e. The Bertz CT molecular complexity index is 1170. The van der Waals surface area contributed by atoms with Crippen LogP contribution in [0.25, 0.3) is 15.9 Å². The number of nitrogens with zero attached hydrogens (tertiary/aromatic N) is 1. The predicted octanol–water partition coefficient (Wildman–Crippen LogP) is 3.43. The molecule has 4 nitrogen and oxygen atoms in total. The molecule has 0 fully saturated rings. The van der Waals surface area contributed by atoms with Crippen molar-refractivity contribution in [1.82, 2.24) is 9.55 Å². The number of aromatic nitrogens is 2. The van der Waals surface area contributed by atoms with Gasteiger partial charge in [0.1, 0.15) is 9.88 Å². The second-order valence-corrected chi connectivity index (χ2v) is 6.72. The lowest BCUT2D eigenvalue weighted by molar-refractivity contribution is 0.956. The van der Waals surface area contributed by atoms with Crippen LogP contribution in [-0.4, -0.2) is 9.55 Å². The minimum Gasteiger partial charge on any atom is -0.349 e. The summed E-state index contributed by atoms with van der Waals surface area (Å²) in [5.74, 6) is 0. The first kappa shape index (κ1) is 14.2. The number of H-pyrrole nitrogens is 1. The summed E-state index contributed by atoms with van der Waals surface area (Å²) in [5, 5.41) is 0.856. The van der Waals surface area contributed by atoms with Gasteiger partial charge in [-0.2, -0.15) is 0 Å². The van der Waals surface area contributed by atoms with E-state index in [2.05, 4.69) is 4.98 Å². The first-order chi connectivity index (χ1) is 11.1. The third-order valence-corrected chi connectivity index (χ3v) is 5.45. The van der Waals surface area contributed by atoms with Gasteiger partial charge in [-0.05, 0) is 36.8 Å². The van der Waals surface area contributed by atoms with Crippen LogP contribution in [0.5, 0.6) is 0 Å². The zero-order valence-corrected chi connectivity index (χ0v) is 13.7. The van der Waals surface area contributed by atoms with E-state index >= 15 is 0 Å². The van der Waals surface area contributed by atoms with Crippen LogP contribution in [0, 0.1) is 16.8 Å². The Labute approximate surface area is 139 Å². The molecule has 2 aliphatic heterocycles. The number of fused-ring (bicyclic) bond motifs is 1. The van der Waals surface area contributed by atoms with E-state index in [0.29, 0.717) is 26.2 Å². The average molecular weight is 343 g/mol. The molecule has 0 aliphatic carbocycles. The van der Waals surface area contributed by atoms with Crippen molar-refractivity contribution in [3.63, 3.8) is 0 Å². The summed E-state index contributed by atoms with van der Waals surface area (Å²) in [6.45, 7) is 1.80. The highest BCUT2D eigenvalue weighted by atomic mass is 35.5. The maximum Gasteiger partial charge on any atom is 0.283 e. The molecule has 2 aliphatic rings. The van der Waals surface area contributed by atoms with Gasteiger partial charge in [-0.15, -0.1) is 11.3 Å². The van der Waals surface area contributed by atoms with Gasteiger partial charge in [-0.3, -0.25) is 9.59 Å². The highest BCUT2D eigenvalue weighted by Crippen LogP contribution is 2.21. The number of halogens is 1. The van der Waals surface area contributed by atoms with Crippen molar-refractivity contribution in [2.45, 2.75) is 6.92 Å². The molecule has 6 heteroatoms. The third kappa shape index (κ3) is 2.04. The molecule has 1 N–H and O–H groups in total. The summed E-state index contributed by atoms with van der Waals surface area (Å²) in [6.07, 6.45) is 0. The molecule has 0 saturated carbocycles. The summed E-state index contributed by atoms with van der Waals surface area (Å²) in [7, 11) is 0. The topological polar surface area (TPSA) is 54.9 Å². The number of hydrogen-bond acceptors (Lipinski definition) is 3. The van der Waals surface area contributed by atoms with Gasteiger partial charge >= 0.3 is 0 Å². The van der Waals surface area contributed by atoms with Crippen LogP contribution in [0.4, 0.5) is 0 Å². The molecular weight excluding hydrogens is 332 g/mol. The molecule has 114 valence electrons. The lowest BCUT2D eigenvalue weighted by Crippen LogP contribution is -2.25. The molecule has 0 aromatic heterocycles. The summed E-state index contributed by atoms with van der Waals surface area (Å²) in [4.78, 5) is 28.6. The Morgan fingerprint density at radius 1 is 1.04 bits per heavy atom. The lowest BCUT2D eigenvalue weighted by Gasteiger charge is -2.06. The third-order valence-electron chi connectivity index (χ3n) is 3.88. The molecule has 0 radical (unpaired) electrons. The van der Waals surface area contributed by atoms with E-state index in [1.165, 1.54) is 15.9 Å². The molecule has 2 aromatic carbocycles. The molecule has 0 amide bonds. The normalized spacial score (nSPS) is 11.4. The minimum atomic E-state index is -0.350. The van der Waals surface area contributed by atoms with Crippen LogP contribution in [0.15, 0.2) is 52.1 Å². The fourth-order valence-corrected chi connectivity index (χ4v) is 3.86. The molecule has 0 saturated heterocycles. The number of hydrogen-bond donors (Lipinski definition) is 1. The Morgan fingerprint density at radius 2 is 1.83 bits per heavy atom. The molecule has 4 rings (SSSR count). The average Bonchev–Trinajstić information content (AvgIpc) is 2.79. The van der Waals surface area contributed by atoms with Gasteiger partial charge in [0.2, 0.25) is 0 Å². The van der Waals surface area contributed by atoms with E-state index in [1.54, 1.807) is 25.1 Å². The number of nitrogens with one attached hydrogen (secondary N) is 1. The lowest BCUT2D eigenvalue weighted by atomic mass is 10.2. The van der Waals surface area contributed by atoms with Crippen molar-refractivity contribution in [3.8, 4) is 5.69 Å². The summed E-state index contributed by atoms with van der Waals surface area (Å²) < 4.78 is 2.54. The number of benzene rings is 2. The van der Waals surface area contributed by atoms with Crippen LogP contribution >= 0.6 is 22.9 Å². The maximum absolute atomic E-state index is 12.8. The fourth-order valence-electron chi connectivity index (χ4n) is 2.68. The predicted molar refractivity (Wildman–Crippen MR) is 93.1 cm³/mol. The Morgan fingerprint density at radius 3 is 2.65 bits per heavy atom. The van der Waals surface area contributed by atoms with Gasteiger partial charge in [0.05, 0.1) is 15.9 Å². The van der Waals surface area contributed by atoms with Crippen molar-refractivity contribution >= 4 is 33.2 Å². The molecule has 0 bridgehead atoms. The van der Waals surface area contributed by atoms with E-state index < -0.39 is 0 Å². The Kier molecular flexibility index (Phi) is 3.14. The van der Waals surface area contributed by atoms with Crippen LogP contribution < -0.4 is 11.1 Å². The summed E-state index contributed by atoms with van der Waals surface area (Å²) in [6, 6.07) is 12.8. The van der Waals surface area contributed by atoms with Gasteiger partial charge < -0.3 is 4.98 Å². The first-order valence-corrected chi connectivity index (χ1v) is 8.19. The number of aromatic amines is 1. The number of rotatable bonds is 1. The van der Waals surface area contributed by atoms with Gasteiger partial charge in [-0.1, -0.05) is 29.8 Å². The van der Waals surface area contributed by atoms with Crippen molar-refractivity contribution < 1.29 is 0 Å². The molecule has 0 spiro atoms. The van der Waals surface area contributed by atoms with Gasteiger partial charge in [-0.25, -0.2) is 4.57 Å². The Hall–Kier alpha value is -2.37. The first-order valence-electron chi connectivity index (χ1n) is 7.00. The molecule has 0 atom stereocenters. The van der Waals surface area contributed by atoms with E-state index in [1.807, 2.05) is 24.3 Å². The SMILES string of the molecule is Cc1c(Cl)cccc1-n1c(=O)c2[nH]c3ccccc3sc=2c1=O. The standard InChI is InChI=1S/C17H11ClN2O2S/c1-9-10(18)5-4-7-12(9)20-16(21)14-15(17(20)22)23-13-8-3-2-6-11(13)19-14/h2-8,19H,1H3. The van der Waals surface area contributed by atoms with E-state index in [0.717, 1.165) is 10.2 Å².